The third kappa shape index (κ3) is 3.10. The Bertz CT molecular complexity index is 580. The lowest BCUT2D eigenvalue weighted by Crippen LogP contribution is -2.83. The number of β-amino-alcohol motifs (C(OH)–C–C–N with tert-alkyl or cyclic N) is 1. The van der Waals surface area contributed by atoms with Gasteiger partial charge in [0.05, 0.1) is 19.8 Å². The maximum absolute atomic E-state index is 12.7. The zero-order valence-electron chi connectivity index (χ0n) is 15.0. The number of nitrogens with one attached hydrogen (secondary N) is 2. The van der Waals surface area contributed by atoms with Crippen LogP contribution in [0.25, 0.3) is 0 Å². The lowest BCUT2D eigenvalue weighted by atomic mass is 9.82. The number of ether oxygens (including phenoxy) is 2. The first-order valence-electron chi connectivity index (χ1n) is 8.84. The monoisotopic (exact) mass is 373 g/mol. The number of carbonyl (C=O) groups excluding carboxylic acids is 2. The number of piperazine rings is 1. The van der Waals surface area contributed by atoms with Crippen molar-refractivity contribution in [3.8, 4) is 0 Å². The van der Waals surface area contributed by atoms with Gasteiger partial charge in [-0.25, -0.2) is 0 Å². The summed E-state index contributed by atoms with van der Waals surface area (Å²) in [5.41, 5.74) is -6.00. The van der Waals surface area contributed by atoms with Crippen LogP contribution in [-0.4, -0.2) is 94.6 Å². The number of carbonyl (C=O) groups is 2. The van der Waals surface area contributed by atoms with Crippen LogP contribution in [0.5, 0.6) is 0 Å². The van der Waals surface area contributed by atoms with Crippen molar-refractivity contribution in [1.29, 1.82) is 0 Å². The molecule has 0 aromatic rings. The van der Waals surface area contributed by atoms with E-state index in [9.17, 15) is 24.9 Å². The van der Waals surface area contributed by atoms with Crippen LogP contribution in [-0.2, 0) is 19.1 Å². The second-order valence-corrected chi connectivity index (χ2v) is 7.60. The van der Waals surface area contributed by atoms with Gasteiger partial charge >= 0.3 is 0 Å². The number of hydrogen-bond donors (Lipinski definition) is 5. The highest BCUT2D eigenvalue weighted by atomic mass is 16.5. The molecule has 2 bridgehead atoms. The summed E-state index contributed by atoms with van der Waals surface area (Å²) >= 11 is 0. The molecule has 4 fully saturated rings. The summed E-state index contributed by atoms with van der Waals surface area (Å²) in [5, 5.41) is 36.9. The average molecular weight is 373 g/mol. The second kappa shape index (κ2) is 6.70. The van der Waals surface area contributed by atoms with Crippen molar-refractivity contribution in [3.05, 3.63) is 0 Å². The molecule has 4 rings (SSSR count). The zero-order chi connectivity index (χ0) is 19.2. The number of fused-ring (bicyclic) bond motifs is 5. The standard InChI is InChI=1S/C16H27N3O7/c1-10-3-6-26-16(13(22)17-15(10,24)12(21)18-16)11(20)14(2,23)9-19-4-7-25-8-5-19/h10-11,20,23-24H,3-9H2,1-2H3,(H,17,22)(H,18,21)/t10-,11+,14+,15-,16+/m1/s1. The van der Waals surface area contributed by atoms with Crippen LogP contribution in [0, 0.1) is 5.92 Å². The van der Waals surface area contributed by atoms with Gasteiger partial charge in [0.1, 0.15) is 11.7 Å². The molecule has 4 heterocycles. The molecule has 0 aromatic heterocycles. The first kappa shape index (κ1) is 19.5. The average Bonchev–Trinajstić information content (AvgIpc) is 2.58. The first-order chi connectivity index (χ1) is 12.1. The highest BCUT2D eigenvalue weighted by Gasteiger charge is 2.64. The highest BCUT2D eigenvalue weighted by Crippen LogP contribution is 2.34. The van der Waals surface area contributed by atoms with Crippen LogP contribution >= 0.6 is 0 Å². The van der Waals surface area contributed by atoms with Crippen LogP contribution in [0.3, 0.4) is 0 Å². The molecule has 10 nitrogen and oxygen atoms in total. The van der Waals surface area contributed by atoms with E-state index in [-0.39, 0.29) is 13.2 Å². The minimum Gasteiger partial charge on any atom is -0.386 e. The molecule has 0 aliphatic carbocycles. The fourth-order valence-electron chi connectivity index (χ4n) is 3.71. The predicted molar refractivity (Wildman–Crippen MR) is 87.6 cm³/mol. The van der Waals surface area contributed by atoms with Crippen molar-refractivity contribution in [3.63, 3.8) is 0 Å². The molecule has 4 aliphatic heterocycles. The first-order valence-corrected chi connectivity index (χ1v) is 8.84. The van der Waals surface area contributed by atoms with E-state index >= 15 is 0 Å². The van der Waals surface area contributed by atoms with E-state index < -0.39 is 40.9 Å². The van der Waals surface area contributed by atoms with Gasteiger partial charge in [0, 0.05) is 25.6 Å². The van der Waals surface area contributed by atoms with E-state index in [0.29, 0.717) is 32.7 Å². The predicted octanol–water partition coefficient (Wildman–Crippen LogP) is -2.88. The van der Waals surface area contributed by atoms with Crippen LogP contribution in [0.2, 0.25) is 0 Å². The van der Waals surface area contributed by atoms with E-state index in [1.807, 2.05) is 4.90 Å². The molecule has 5 N–H and O–H groups in total. The number of amides is 2. The molecule has 4 aliphatic rings. The maximum atomic E-state index is 12.7. The molecule has 26 heavy (non-hydrogen) atoms. The number of hydrogen-bond acceptors (Lipinski definition) is 8. The van der Waals surface area contributed by atoms with Crippen molar-refractivity contribution in [2.24, 2.45) is 5.92 Å². The van der Waals surface area contributed by atoms with Crippen molar-refractivity contribution < 1.29 is 34.4 Å². The minimum atomic E-state index is -2.17. The summed E-state index contributed by atoms with van der Waals surface area (Å²) < 4.78 is 10.8. The van der Waals surface area contributed by atoms with Crippen LogP contribution < -0.4 is 10.6 Å². The molecule has 0 saturated carbocycles. The van der Waals surface area contributed by atoms with Crippen molar-refractivity contribution in [2.45, 2.75) is 43.4 Å². The Morgan fingerprint density at radius 3 is 2.58 bits per heavy atom. The number of nitrogens with zero attached hydrogens (tertiary/aromatic N) is 1. The summed E-state index contributed by atoms with van der Waals surface area (Å²) in [6.07, 6.45) is -1.45. The molecular formula is C16H27N3O7. The van der Waals surface area contributed by atoms with Crippen LogP contribution in [0.4, 0.5) is 0 Å². The number of aliphatic hydroxyl groups excluding tert-OH is 1. The van der Waals surface area contributed by atoms with E-state index in [0.717, 1.165) is 0 Å². The summed E-state index contributed by atoms with van der Waals surface area (Å²) in [5.74, 6) is -2.33. The molecule has 2 amide bonds. The molecule has 5 atom stereocenters. The number of rotatable bonds is 4. The SMILES string of the molecule is C[C@@H]1CCO[C@]2([C@@H](O)[C@@](C)(O)CN3CCOCC3)NC(=O)[C@@]1(O)NC2=O. The Hall–Kier alpha value is -1.30. The Morgan fingerprint density at radius 2 is 1.92 bits per heavy atom. The largest absolute Gasteiger partial charge is 0.386 e. The summed E-state index contributed by atoms with van der Waals surface area (Å²) in [6, 6.07) is 0. The molecule has 4 saturated heterocycles. The third-order valence-electron chi connectivity index (χ3n) is 5.50. The molecule has 0 spiro atoms. The molecule has 0 unspecified atom stereocenters. The molecule has 0 aromatic carbocycles. The highest BCUT2D eigenvalue weighted by molar-refractivity contribution is 6.01. The van der Waals surface area contributed by atoms with Gasteiger partial charge in [-0.1, -0.05) is 6.92 Å². The lowest BCUT2D eigenvalue weighted by Gasteiger charge is -2.51. The summed E-state index contributed by atoms with van der Waals surface area (Å²) in [7, 11) is 0. The normalized spacial score (nSPS) is 39.3. The molecule has 148 valence electrons. The van der Waals surface area contributed by atoms with Crippen molar-refractivity contribution >= 4 is 11.8 Å². The van der Waals surface area contributed by atoms with Gasteiger partial charge in [0.15, 0.2) is 0 Å². The molecular weight excluding hydrogens is 346 g/mol. The van der Waals surface area contributed by atoms with E-state index in [2.05, 4.69) is 10.6 Å². The quantitative estimate of drug-likeness (QED) is 0.354. The Morgan fingerprint density at radius 1 is 1.27 bits per heavy atom. The fraction of sp³-hybridized carbons (Fsp3) is 0.875. The van der Waals surface area contributed by atoms with Gasteiger partial charge in [-0.3, -0.25) is 14.5 Å². The Balaban J connectivity index is 1.85. The van der Waals surface area contributed by atoms with Gasteiger partial charge < -0.3 is 35.4 Å². The van der Waals surface area contributed by atoms with Crippen LogP contribution in [0.15, 0.2) is 0 Å². The lowest BCUT2D eigenvalue weighted by molar-refractivity contribution is -0.238. The van der Waals surface area contributed by atoms with Gasteiger partial charge in [-0.15, -0.1) is 0 Å². The van der Waals surface area contributed by atoms with Gasteiger partial charge in [-0.05, 0) is 13.3 Å². The van der Waals surface area contributed by atoms with Gasteiger partial charge in [0.2, 0.25) is 5.72 Å². The zero-order valence-corrected chi connectivity index (χ0v) is 15.0. The minimum absolute atomic E-state index is 0.0296. The smallest absolute Gasteiger partial charge is 0.278 e. The summed E-state index contributed by atoms with van der Waals surface area (Å²) in [6.45, 7) is 5.26. The molecule has 0 radical (unpaired) electrons. The molecule has 10 heteroatoms. The third-order valence-corrected chi connectivity index (χ3v) is 5.50. The topological polar surface area (TPSA) is 141 Å². The van der Waals surface area contributed by atoms with Gasteiger partial charge in [0.25, 0.3) is 17.5 Å². The van der Waals surface area contributed by atoms with E-state index in [1.54, 1.807) is 6.92 Å². The second-order valence-electron chi connectivity index (χ2n) is 7.60. The Labute approximate surface area is 151 Å². The Kier molecular flexibility index (Phi) is 5.01. The maximum Gasteiger partial charge on any atom is 0.278 e. The number of morpholine rings is 1. The van der Waals surface area contributed by atoms with Crippen molar-refractivity contribution in [1.82, 2.24) is 15.5 Å². The summed E-state index contributed by atoms with van der Waals surface area (Å²) in [4.78, 5) is 27.1. The fourth-order valence-corrected chi connectivity index (χ4v) is 3.71. The van der Waals surface area contributed by atoms with E-state index in [4.69, 9.17) is 9.47 Å². The van der Waals surface area contributed by atoms with Crippen LogP contribution in [0.1, 0.15) is 20.3 Å². The van der Waals surface area contributed by atoms with Gasteiger partial charge in [-0.2, -0.15) is 0 Å². The van der Waals surface area contributed by atoms with E-state index in [1.165, 1.54) is 6.92 Å². The van der Waals surface area contributed by atoms with Crippen molar-refractivity contribution in [2.75, 3.05) is 39.5 Å². The number of aliphatic hydroxyl groups is 3.